The second-order valence-electron chi connectivity index (χ2n) is 2.71. The fraction of sp³-hybridized carbons (Fsp3) is 0.500. The summed E-state index contributed by atoms with van der Waals surface area (Å²) < 4.78 is 0. The van der Waals surface area contributed by atoms with Gasteiger partial charge in [0.15, 0.2) is 0 Å². The average Bonchev–Trinajstić information content (AvgIpc) is 2.32. The molecule has 11 heavy (non-hydrogen) atoms. The van der Waals surface area contributed by atoms with Crippen LogP contribution in [-0.2, 0) is 0 Å². The lowest BCUT2D eigenvalue weighted by atomic mass is 10.1. The molecule has 3 heteroatoms. The van der Waals surface area contributed by atoms with Gasteiger partial charge in [-0.3, -0.25) is 5.10 Å². The molecule has 1 aromatic heterocycles. The first-order chi connectivity index (χ1) is 5.16. The van der Waals surface area contributed by atoms with E-state index in [0.29, 0.717) is 0 Å². The van der Waals surface area contributed by atoms with Gasteiger partial charge in [0, 0.05) is 5.69 Å². The van der Waals surface area contributed by atoms with Crippen molar-refractivity contribution in [2.24, 2.45) is 0 Å². The van der Waals surface area contributed by atoms with Crippen LogP contribution in [0.3, 0.4) is 0 Å². The first kappa shape index (κ1) is 7.80. The number of aromatic amines is 1. The van der Waals surface area contributed by atoms with Crippen LogP contribution in [0.15, 0.2) is 0 Å². The molecule has 0 aromatic carbocycles. The topological polar surface area (TPSA) is 52.5 Å². The molecule has 0 fully saturated rings. The second kappa shape index (κ2) is 2.75. The number of aromatic nitrogens is 2. The third-order valence-corrected chi connectivity index (χ3v) is 1.89. The number of nitriles is 1. The van der Waals surface area contributed by atoms with Gasteiger partial charge in [-0.25, -0.2) is 0 Å². The van der Waals surface area contributed by atoms with Gasteiger partial charge in [0.05, 0.1) is 17.7 Å². The van der Waals surface area contributed by atoms with Crippen molar-refractivity contribution < 1.29 is 0 Å². The maximum atomic E-state index is 8.62. The zero-order valence-corrected chi connectivity index (χ0v) is 6.97. The molecule has 0 aliphatic rings. The highest BCUT2D eigenvalue weighted by Gasteiger charge is 2.11. The largest absolute Gasteiger partial charge is 0.282 e. The van der Waals surface area contributed by atoms with E-state index in [4.69, 9.17) is 5.26 Å². The predicted octanol–water partition coefficient (Wildman–Crippen LogP) is 1.65. The van der Waals surface area contributed by atoms with Crippen molar-refractivity contribution in [1.82, 2.24) is 10.2 Å². The number of nitrogens with one attached hydrogen (secondary N) is 1. The van der Waals surface area contributed by atoms with Gasteiger partial charge < -0.3 is 0 Å². The Kier molecular flexibility index (Phi) is 1.95. The first-order valence-corrected chi connectivity index (χ1v) is 3.58. The molecule has 0 saturated carbocycles. The first-order valence-electron chi connectivity index (χ1n) is 3.58. The van der Waals surface area contributed by atoms with Gasteiger partial charge >= 0.3 is 0 Å². The molecule has 1 atom stereocenters. The highest BCUT2D eigenvalue weighted by atomic mass is 15.1. The van der Waals surface area contributed by atoms with Crippen LogP contribution in [0.2, 0.25) is 0 Å². The molecule has 1 rings (SSSR count). The van der Waals surface area contributed by atoms with Crippen LogP contribution >= 0.6 is 0 Å². The molecule has 0 radical (unpaired) electrons. The van der Waals surface area contributed by atoms with Crippen molar-refractivity contribution in [3.05, 3.63) is 17.0 Å². The molecule has 1 N–H and O–H groups in total. The summed E-state index contributed by atoms with van der Waals surface area (Å²) in [5.74, 6) is -0.111. The number of aryl methyl sites for hydroxylation is 1. The lowest BCUT2D eigenvalue weighted by Crippen LogP contribution is -1.92. The summed E-state index contributed by atoms with van der Waals surface area (Å²) in [4.78, 5) is 0. The molecule has 1 aromatic rings. The predicted molar refractivity (Wildman–Crippen MR) is 42.1 cm³/mol. The Balaban J connectivity index is 3.07. The number of nitrogens with zero attached hydrogens (tertiary/aromatic N) is 2. The van der Waals surface area contributed by atoms with E-state index in [1.807, 2.05) is 20.8 Å². The Morgan fingerprint density at radius 3 is 2.55 bits per heavy atom. The molecule has 0 spiro atoms. The standard InChI is InChI=1S/C8H11N3/c1-5(4-9)8-6(2)7(3)10-11-8/h5H,1-3H3,(H,10,11). The maximum Gasteiger partial charge on any atom is 0.0877 e. The van der Waals surface area contributed by atoms with Crippen LogP contribution in [0, 0.1) is 25.2 Å². The molecule has 1 heterocycles. The second-order valence-corrected chi connectivity index (χ2v) is 2.71. The SMILES string of the molecule is Cc1[nH]nc(C(C)C#N)c1C. The molecule has 0 aliphatic carbocycles. The Morgan fingerprint density at radius 2 is 2.18 bits per heavy atom. The summed E-state index contributed by atoms with van der Waals surface area (Å²) >= 11 is 0. The van der Waals surface area contributed by atoms with Crippen molar-refractivity contribution in [3.8, 4) is 6.07 Å². The molecule has 0 aliphatic heterocycles. The smallest absolute Gasteiger partial charge is 0.0877 e. The number of rotatable bonds is 1. The van der Waals surface area contributed by atoms with Crippen LogP contribution in [0.25, 0.3) is 0 Å². The Bertz CT molecular complexity index is 293. The quantitative estimate of drug-likeness (QED) is 0.660. The number of H-pyrrole nitrogens is 1. The third kappa shape index (κ3) is 1.25. The van der Waals surface area contributed by atoms with Gasteiger partial charge in [-0.1, -0.05) is 0 Å². The van der Waals surface area contributed by atoms with E-state index in [2.05, 4.69) is 16.3 Å². The van der Waals surface area contributed by atoms with Crippen LogP contribution in [0.4, 0.5) is 0 Å². The highest BCUT2D eigenvalue weighted by molar-refractivity contribution is 5.28. The molecular formula is C8H11N3. The van der Waals surface area contributed by atoms with Gasteiger partial charge in [0.2, 0.25) is 0 Å². The number of hydrogen-bond donors (Lipinski definition) is 1. The molecule has 58 valence electrons. The van der Waals surface area contributed by atoms with E-state index >= 15 is 0 Å². The lowest BCUT2D eigenvalue weighted by Gasteiger charge is -1.97. The zero-order chi connectivity index (χ0) is 8.43. The number of hydrogen-bond acceptors (Lipinski definition) is 2. The Morgan fingerprint density at radius 1 is 1.55 bits per heavy atom. The Hall–Kier alpha value is -1.30. The van der Waals surface area contributed by atoms with Crippen molar-refractivity contribution in [2.75, 3.05) is 0 Å². The molecular weight excluding hydrogens is 138 g/mol. The summed E-state index contributed by atoms with van der Waals surface area (Å²) in [5, 5.41) is 15.5. The summed E-state index contributed by atoms with van der Waals surface area (Å²) in [6.45, 7) is 5.78. The van der Waals surface area contributed by atoms with E-state index in [-0.39, 0.29) is 5.92 Å². The van der Waals surface area contributed by atoms with E-state index < -0.39 is 0 Å². The monoisotopic (exact) mass is 149 g/mol. The highest BCUT2D eigenvalue weighted by Crippen LogP contribution is 2.17. The van der Waals surface area contributed by atoms with E-state index in [9.17, 15) is 0 Å². The summed E-state index contributed by atoms with van der Waals surface area (Å²) in [5.41, 5.74) is 3.01. The summed E-state index contributed by atoms with van der Waals surface area (Å²) in [6.07, 6.45) is 0. The minimum absolute atomic E-state index is 0.111. The van der Waals surface area contributed by atoms with Crippen LogP contribution in [-0.4, -0.2) is 10.2 Å². The van der Waals surface area contributed by atoms with E-state index in [0.717, 1.165) is 17.0 Å². The molecule has 0 saturated heterocycles. The van der Waals surface area contributed by atoms with Crippen molar-refractivity contribution in [1.29, 1.82) is 5.26 Å². The normalized spacial score (nSPS) is 12.5. The average molecular weight is 149 g/mol. The summed E-state index contributed by atoms with van der Waals surface area (Å²) in [7, 11) is 0. The van der Waals surface area contributed by atoms with E-state index in [1.54, 1.807) is 0 Å². The fourth-order valence-electron chi connectivity index (χ4n) is 0.987. The van der Waals surface area contributed by atoms with Gasteiger partial charge in [0.25, 0.3) is 0 Å². The van der Waals surface area contributed by atoms with Crippen molar-refractivity contribution in [3.63, 3.8) is 0 Å². The molecule has 0 bridgehead atoms. The fourth-order valence-corrected chi connectivity index (χ4v) is 0.987. The third-order valence-electron chi connectivity index (χ3n) is 1.89. The zero-order valence-electron chi connectivity index (χ0n) is 6.97. The lowest BCUT2D eigenvalue weighted by molar-refractivity contribution is 0.885. The van der Waals surface area contributed by atoms with Crippen LogP contribution in [0.5, 0.6) is 0 Å². The molecule has 0 amide bonds. The molecule has 3 nitrogen and oxygen atoms in total. The van der Waals surface area contributed by atoms with E-state index in [1.165, 1.54) is 0 Å². The van der Waals surface area contributed by atoms with Crippen LogP contribution < -0.4 is 0 Å². The van der Waals surface area contributed by atoms with Gasteiger partial charge in [-0.05, 0) is 26.3 Å². The maximum absolute atomic E-state index is 8.62. The van der Waals surface area contributed by atoms with Gasteiger partial charge in [-0.2, -0.15) is 10.4 Å². The molecule has 1 unspecified atom stereocenters. The van der Waals surface area contributed by atoms with Gasteiger partial charge in [0.1, 0.15) is 0 Å². The minimum Gasteiger partial charge on any atom is -0.282 e. The van der Waals surface area contributed by atoms with Crippen LogP contribution in [0.1, 0.15) is 29.8 Å². The summed E-state index contributed by atoms with van der Waals surface area (Å²) in [6, 6.07) is 2.15. The minimum atomic E-state index is -0.111. The Labute approximate surface area is 66.0 Å². The van der Waals surface area contributed by atoms with Crippen molar-refractivity contribution in [2.45, 2.75) is 26.7 Å². The van der Waals surface area contributed by atoms with Gasteiger partial charge in [-0.15, -0.1) is 0 Å². The van der Waals surface area contributed by atoms with Crippen molar-refractivity contribution >= 4 is 0 Å².